The highest BCUT2D eigenvalue weighted by atomic mass is 19.1. The number of imide groups is 1. The van der Waals surface area contributed by atoms with Gasteiger partial charge in [-0.25, -0.2) is 4.39 Å². The standard InChI is InChI=1S/C16H18FNO4/c1-3-22-15(21)16(2)9-4-10-18(14(16)20)13(19)11-5-7-12(17)8-6-11/h5-8H,3-4,9-10H2,1-2H3. The van der Waals surface area contributed by atoms with Crippen LogP contribution in [0.4, 0.5) is 4.39 Å². The maximum atomic E-state index is 12.9. The summed E-state index contributed by atoms with van der Waals surface area (Å²) < 4.78 is 17.9. The Hall–Kier alpha value is -2.24. The third-order valence-corrected chi connectivity index (χ3v) is 3.84. The van der Waals surface area contributed by atoms with Crippen LogP contribution in [0.2, 0.25) is 0 Å². The summed E-state index contributed by atoms with van der Waals surface area (Å²) in [6.07, 6.45) is 0.867. The van der Waals surface area contributed by atoms with Gasteiger partial charge in [-0.2, -0.15) is 0 Å². The molecule has 118 valence electrons. The number of amides is 2. The minimum absolute atomic E-state index is 0.174. The maximum Gasteiger partial charge on any atom is 0.321 e. The SMILES string of the molecule is CCOC(=O)C1(C)CCCN(C(=O)c2ccc(F)cc2)C1=O. The first-order valence-electron chi connectivity index (χ1n) is 7.19. The van der Waals surface area contributed by atoms with Crippen molar-refractivity contribution in [2.75, 3.05) is 13.2 Å². The Balaban J connectivity index is 2.24. The van der Waals surface area contributed by atoms with E-state index in [1.807, 2.05) is 0 Å². The van der Waals surface area contributed by atoms with E-state index >= 15 is 0 Å². The Morgan fingerprint density at radius 3 is 2.55 bits per heavy atom. The molecular formula is C16H18FNO4. The molecule has 1 unspecified atom stereocenters. The van der Waals surface area contributed by atoms with Gasteiger partial charge in [0.2, 0.25) is 5.91 Å². The fraction of sp³-hybridized carbons (Fsp3) is 0.438. The average molecular weight is 307 g/mol. The highest BCUT2D eigenvalue weighted by molar-refractivity contribution is 6.12. The van der Waals surface area contributed by atoms with Gasteiger partial charge in [-0.1, -0.05) is 0 Å². The molecule has 2 amide bonds. The fourth-order valence-electron chi connectivity index (χ4n) is 2.52. The van der Waals surface area contributed by atoms with Crippen molar-refractivity contribution in [2.45, 2.75) is 26.7 Å². The highest BCUT2D eigenvalue weighted by Crippen LogP contribution is 2.33. The molecule has 0 saturated carbocycles. The zero-order valence-corrected chi connectivity index (χ0v) is 12.6. The number of esters is 1. The van der Waals surface area contributed by atoms with Gasteiger partial charge in [0.15, 0.2) is 0 Å². The van der Waals surface area contributed by atoms with Gasteiger partial charge in [-0.3, -0.25) is 19.3 Å². The van der Waals surface area contributed by atoms with Gasteiger partial charge in [0.25, 0.3) is 5.91 Å². The Morgan fingerprint density at radius 2 is 1.95 bits per heavy atom. The molecular weight excluding hydrogens is 289 g/mol. The molecule has 1 aromatic carbocycles. The topological polar surface area (TPSA) is 63.7 Å². The van der Waals surface area contributed by atoms with E-state index in [1.54, 1.807) is 6.92 Å². The molecule has 0 spiro atoms. The Kier molecular flexibility index (Phi) is 4.59. The summed E-state index contributed by atoms with van der Waals surface area (Å²) in [4.78, 5) is 38.1. The van der Waals surface area contributed by atoms with Crippen LogP contribution in [0.25, 0.3) is 0 Å². The van der Waals surface area contributed by atoms with Crippen LogP contribution in [0, 0.1) is 11.2 Å². The van der Waals surface area contributed by atoms with Crippen LogP contribution in [-0.2, 0) is 14.3 Å². The minimum Gasteiger partial charge on any atom is -0.465 e. The molecule has 2 rings (SSSR count). The molecule has 1 heterocycles. The molecule has 5 nitrogen and oxygen atoms in total. The van der Waals surface area contributed by atoms with E-state index in [0.717, 1.165) is 17.0 Å². The number of carbonyl (C=O) groups excluding carboxylic acids is 3. The van der Waals surface area contributed by atoms with E-state index in [9.17, 15) is 18.8 Å². The lowest BCUT2D eigenvalue weighted by molar-refractivity contribution is -0.165. The molecule has 22 heavy (non-hydrogen) atoms. The van der Waals surface area contributed by atoms with Crippen LogP contribution in [0.1, 0.15) is 37.0 Å². The van der Waals surface area contributed by atoms with E-state index in [4.69, 9.17) is 4.74 Å². The molecule has 0 aromatic heterocycles. The quantitative estimate of drug-likeness (QED) is 0.488. The van der Waals surface area contributed by atoms with Gasteiger partial charge >= 0.3 is 5.97 Å². The Morgan fingerprint density at radius 1 is 1.32 bits per heavy atom. The second-order valence-corrected chi connectivity index (χ2v) is 5.42. The van der Waals surface area contributed by atoms with Crippen molar-refractivity contribution in [3.63, 3.8) is 0 Å². The van der Waals surface area contributed by atoms with Crippen LogP contribution < -0.4 is 0 Å². The summed E-state index contributed by atoms with van der Waals surface area (Å²) in [5, 5.41) is 0. The van der Waals surface area contributed by atoms with Gasteiger partial charge in [0.1, 0.15) is 11.2 Å². The number of carbonyl (C=O) groups is 3. The third-order valence-electron chi connectivity index (χ3n) is 3.84. The second kappa shape index (κ2) is 6.25. The van der Waals surface area contributed by atoms with Crippen LogP contribution in [0.15, 0.2) is 24.3 Å². The number of rotatable bonds is 3. The Labute approximate surface area is 128 Å². The second-order valence-electron chi connectivity index (χ2n) is 5.42. The smallest absolute Gasteiger partial charge is 0.321 e. The van der Waals surface area contributed by atoms with Gasteiger partial charge in [-0.15, -0.1) is 0 Å². The van der Waals surface area contributed by atoms with Crippen LogP contribution >= 0.6 is 0 Å². The Bertz CT molecular complexity index is 599. The molecule has 1 aliphatic rings. The normalized spacial score (nSPS) is 21.6. The first-order valence-corrected chi connectivity index (χ1v) is 7.19. The van der Waals surface area contributed by atoms with Crippen molar-refractivity contribution >= 4 is 17.8 Å². The number of piperidine rings is 1. The van der Waals surface area contributed by atoms with Crippen molar-refractivity contribution in [1.82, 2.24) is 4.90 Å². The zero-order chi connectivity index (χ0) is 16.3. The summed E-state index contributed by atoms with van der Waals surface area (Å²) in [6, 6.07) is 4.96. The van der Waals surface area contributed by atoms with Gasteiger partial charge in [0.05, 0.1) is 6.61 Å². The number of ether oxygens (including phenoxy) is 1. The van der Waals surface area contributed by atoms with E-state index in [2.05, 4.69) is 0 Å². The van der Waals surface area contributed by atoms with Gasteiger partial charge < -0.3 is 4.74 Å². The van der Waals surface area contributed by atoms with Crippen LogP contribution in [0.5, 0.6) is 0 Å². The van der Waals surface area contributed by atoms with Crippen molar-refractivity contribution < 1.29 is 23.5 Å². The van der Waals surface area contributed by atoms with E-state index < -0.39 is 29.0 Å². The fourth-order valence-corrected chi connectivity index (χ4v) is 2.52. The molecule has 0 N–H and O–H groups in total. The van der Waals surface area contributed by atoms with Gasteiger partial charge in [0, 0.05) is 12.1 Å². The largest absolute Gasteiger partial charge is 0.465 e. The summed E-state index contributed by atoms with van der Waals surface area (Å²) in [7, 11) is 0. The van der Waals surface area contributed by atoms with Crippen LogP contribution in [-0.4, -0.2) is 35.8 Å². The molecule has 0 bridgehead atoms. The van der Waals surface area contributed by atoms with E-state index in [-0.39, 0.29) is 18.7 Å². The predicted octanol–water partition coefficient (Wildman–Crippen LogP) is 2.16. The lowest BCUT2D eigenvalue weighted by Gasteiger charge is -2.36. The minimum atomic E-state index is -1.34. The number of likely N-dealkylation sites (tertiary alicyclic amines) is 1. The predicted molar refractivity (Wildman–Crippen MR) is 76.4 cm³/mol. The highest BCUT2D eigenvalue weighted by Gasteiger charge is 2.49. The molecule has 1 aliphatic heterocycles. The molecule has 1 fully saturated rings. The van der Waals surface area contributed by atoms with Crippen molar-refractivity contribution in [2.24, 2.45) is 5.41 Å². The monoisotopic (exact) mass is 307 g/mol. The molecule has 1 saturated heterocycles. The first-order chi connectivity index (χ1) is 10.4. The molecule has 6 heteroatoms. The van der Waals surface area contributed by atoms with Crippen molar-refractivity contribution in [3.05, 3.63) is 35.6 Å². The number of benzene rings is 1. The number of hydrogen-bond acceptors (Lipinski definition) is 4. The lowest BCUT2D eigenvalue weighted by Crippen LogP contribution is -2.53. The maximum absolute atomic E-state index is 12.9. The lowest BCUT2D eigenvalue weighted by atomic mass is 9.80. The van der Waals surface area contributed by atoms with Crippen molar-refractivity contribution in [1.29, 1.82) is 0 Å². The van der Waals surface area contributed by atoms with E-state index in [1.165, 1.54) is 19.1 Å². The number of hydrogen-bond donors (Lipinski definition) is 0. The summed E-state index contributed by atoms with van der Waals surface area (Å²) in [6.45, 7) is 3.57. The van der Waals surface area contributed by atoms with Crippen LogP contribution in [0.3, 0.4) is 0 Å². The number of nitrogens with zero attached hydrogens (tertiary/aromatic N) is 1. The van der Waals surface area contributed by atoms with E-state index in [0.29, 0.717) is 12.8 Å². The van der Waals surface area contributed by atoms with Crippen molar-refractivity contribution in [3.8, 4) is 0 Å². The van der Waals surface area contributed by atoms with Gasteiger partial charge in [-0.05, 0) is 51.0 Å². The summed E-state index contributed by atoms with van der Waals surface area (Å²) in [5.74, 6) is -2.17. The summed E-state index contributed by atoms with van der Waals surface area (Å²) >= 11 is 0. The molecule has 1 atom stereocenters. The summed E-state index contributed by atoms with van der Waals surface area (Å²) in [5.41, 5.74) is -1.13. The first kappa shape index (κ1) is 16.1. The molecule has 0 radical (unpaired) electrons. The average Bonchev–Trinajstić information content (AvgIpc) is 2.50. The molecule has 1 aromatic rings. The number of halogens is 1. The third kappa shape index (κ3) is 2.86. The zero-order valence-electron chi connectivity index (χ0n) is 12.6. The molecule has 0 aliphatic carbocycles.